The number of benzene rings is 2. The Balaban J connectivity index is 1.87. The molecule has 0 radical (unpaired) electrons. The van der Waals surface area contributed by atoms with Crippen LogP contribution >= 0.6 is 0 Å². The molecule has 2 aromatic rings. The molecule has 138 valence electrons. The summed E-state index contributed by atoms with van der Waals surface area (Å²) in [4.78, 5) is 24.4. The number of ether oxygens (including phenoxy) is 1. The van der Waals surface area contributed by atoms with Crippen molar-refractivity contribution in [1.29, 1.82) is 0 Å². The fourth-order valence-electron chi connectivity index (χ4n) is 2.36. The van der Waals surface area contributed by atoms with E-state index < -0.39 is 12.1 Å². The number of alkyl carbamates (subject to hydrolysis) is 1. The molecular weight excluding hydrogens is 335 g/mol. The van der Waals surface area contributed by atoms with Crippen molar-refractivity contribution >= 4 is 12.0 Å². The average Bonchev–Trinajstić information content (AvgIpc) is 2.64. The maximum absolute atomic E-state index is 13.6. The molecule has 26 heavy (non-hydrogen) atoms. The largest absolute Gasteiger partial charge is 0.445 e. The summed E-state index contributed by atoms with van der Waals surface area (Å²) in [5, 5.41) is 5.22. The zero-order chi connectivity index (χ0) is 18.9. The van der Waals surface area contributed by atoms with Crippen LogP contribution in [0, 0.1) is 11.7 Å². The maximum Gasteiger partial charge on any atom is 0.408 e. The lowest BCUT2D eigenvalue weighted by Crippen LogP contribution is -2.49. The van der Waals surface area contributed by atoms with Crippen LogP contribution in [0.1, 0.15) is 25.0 Å². The van der Waals surface area contributed by atoms with Crippen LogP contribution in [0.5, 0.6) is 0 Å². The van der Waals surface area contributed by atoms with Crippen LogP contribution in [0.4, 0.5) is 9.18 Å². The highest BCUT2D eigenvalue weighted by atomic mass is 19.1. The van der Waals surface area contributed by atoms with Gasteiger partial charge in [-0.25, -0.2) is 9.18 Å². The second-order valence-corrected chi connectivity index (χ2v) is 6.24. The van der Waals surface area contributed by atoms with Crippen molar-refractivity contribution in [1.82, 2.24) is 10.6 Å². The Morgan fingerprint density at radius 1 is 1.04 bits per heavy atom. The van der Waals surface area contributed by atoms with Gasteiger partial charge in [-0.2, -0.15) is 0 Å². The first kappa shape index (κ1) is 19.4. The monoisotopic (exact) mass is 358 g/mol. The number of nitrogens with one attached hydrogen (secondary N) is 2. The van der Waals surface area contributed by atoms with Gasteiger partial charge < -0.3 is 15.4 Å². The van der Waals surface area contributed by atoms with E-state index in [1.165, 1.54) is 6.07 Å². The van der Waals surface area contributed by atoms with Crippen molar-refractivity contribution in [3.63, 3.8) is 0 Å². The fourth-order valence-corrected chi connectivity index (χ4v) is 2.36. The van der Waals surface area contributed by atoms with E-state index in [2.05, 4.69) is 10.6 Å². The van der Waals surface area contributed by atoms with Crippen LogP contribution in [-0.2, 0) is 22.7 Å². The Kier molecular flexibility index (Phi) is 7.14. The van der Waals surface area contributed by atoms with Crippen LogP contribution in [-0.4, -0.2) is 18.0 Å². The number of amides is 2. The third-order valence-electron chi connectivity index (χ3n) is 3.85. The minimum Gasteiger partial charge on any atom is -0.445 e. The van der Waals surface area contributed by atoms with Gasteiger partial charge in [0.2, 0.25) is 5.91 Å². The summed E-state index contributed by atoms with van der Waals surface area (Å²) >= 11 is 0. The van der Waals surface area contributed by atoms with Crippen molar-refractivity contribution in [3.05, 3.63) is 71.5 Å². The summed E-state index contributed by atoms with van der Waals surface area (Å²) in [6, 6.07) is 14.7. The maximum atomic E-state index is 13.6. The predicted octanol–water partition coefficient (Wildman–Crippen LogP) is 3.39. The molecule has 0 saturated heterocycles. The molecule has 2 aromatic carbocycles. The summed E-state index contributed by atoms with van der Waals surface area (Å²) in [7, 11) is 0. The first-order valence-electron chi connectivity index (χ1n) is 8.45. The van der Waals surface area contributed by atoms with E-state index in [0.717, 1.165) is 5.56 Å². The normalized spacial score (nSPS) is 11.7. The van der Waals surface area contributed by atoms with Crippen LogP contribution in [0.15, 0.2) is 54.6 Å². The van der Waals surface area contributed by atoms with Gasteiger partial charge in [0.25, 0.3) is 0 Å². The Morgan fingerprint density at radius 2 is 1.69 bits per heavy atom. The summed E-state index contributed by atoms with van der Waals surface area (Å²) < 4.78 is 18.8. The van der Waals surface area contributed by atoms with Gasteiger partial charge >= 0.3 is 6.09 Å². The first-order chi connectivity index (χ1) is 12.5. The molecule has 2 rings (SSSR count). The molecule has 0 heterocycles. The van der Waals surface area contributed by atoms with Crippen molar-refractivity contribution in [2.45, 2.75) is 33.0 Å². The van der Waals surface area contributed by atoms with E-state index in [1.54, 1.807) is 18.2 Å². The predicted molar refractivity (Wildman–Crippen MR) is 96.6 cm³/mol. The Hall–Kier alpha value is -2.89. The van der Waals surface area contributed by atoms with E-state index in [1.807, 2.05) is 44.2 Å². The molecule has 0 aliphatic carbocycles. The molecule has 0 bridgehead atoms. The molecule has 0 saturated carbocycles. The Labute approximate surface area is 152 Å². The highest BCUT2D eigenvalue weighted by Gasteiger charge is 2.24. The topological polar surface area (TPSA) is 67.4 Å². The highest BCUT2D eigenvalue weighted by molar-refractivity contribution is 5.85. The molecular formula is C20H23FN2O3. The molecule has 6 heteroatoms. The van der Waals surface area contributed by atoms with Gasteiger partial charge in [0.15, 0.2) is 0 Å². The van der Waals surface area contributed by atoms with Crippen molar-refractivity contribution < 1.29 is 18.7 Å². The molecule has 0 aliphatic heterocycles. The lowest BCUT2D eigenvalue weighted by molar-refractivity contribution is -0.124. The van der Waals surface area contributed by atoms with Crippen LogP contribution in [0.3, 0.4) is 0 Å². The number of halogens is 1. The number of rotatable bonds is 7. The smallest absolute Gasteiger partial charge is 0.408 e. The van der Waals surface area contributed by atoms with E-state index in [9.17, 15) is 14.0 Å². The average molecular weight is 358 g/mol. The number of hydrogen-bond acceptors (Lipinski definition) is 3. The van der Waals surface area contributed by atoms with Crippen LogP contribution in [0.2, 0.25) is 0 Å². The van der Waals surface area contributed by atoms with Gasteiger partial charge in [-0.3, -0.25) is 4.79 Å². The lowest BCUT2D eigenvalue weighted by Gasteiger charge is -2.21. The fraction of sp³-hybridized carbons (Fsp3) is 0.300. The zero-order valence-corrected chi connectivity index (χ0v) is 14.9. The number of hydrogen-bond donors (Lipinski definition) is 2. The van der Waals surface area contributed by atoms with Gasteiger partial charge in [0.1, 0.15) is 18.5 Å². The SMILES string of the molecule is CC(C)C(NC(=O)OCc1ccccc1)C(=O)NCc1ccccc1F. The van der Waals surface area contributed by atoms with Crippen molar-refractivity contribution in [2.75, 3.05) is 0 Å². The van der Waals surface area contributed by atoms with Gasteiger partial charge in [-0.15, -0.1) is 0 Å². The standard InChI is InChI=1S/C20H23FN2O3/c1-14(2)18(19(24)22-12-16-10-6-7-11-17(16)21)23-20(25)26-13-15-8-4-3-5-9-15/h3-11,14,18H,12-13H2,1-2H3,(H,22,24)(H,23,25). The molecule has 0 fully saturated rings. The summed E-state index contributed by atoms with van der Waals surface area (Å²) in [5.41, 5.74) is 1.24. The summed E-state index contributed by atoms with van der Waals surface area (Å²) in [6.07, 6.45) is -0.673. The first-order valence-corrected chi connectivity index (χ1v) is 8.45. The molecule has 5 nitrogen and oxygen atoms in total. The number of carbonyl (C=O) groups excluding carboxylic acids is 2. The Morgan fingerprint density at radius 3 is 2.35 bits per heavy atom. The minimum atomic E-state index is -0.773. The molecule has 2 amide bonds. The zero-order valence-electron chi connectivity index (χ0n) is 14.9. The van der Waals surface area contributed by atoms with E-state index in [4.69, 9.17) is 4.74 Å². The lowest BCUT2D eigenvalue weighted by atomic mass is 10.0. The molecule has 0 aromatic heterocycles. The third kappa shape index (κ3) is 5.88. The van der Waals surface area contributed by atoms with E-state index in [0.29, 0.717) is 5.56 Å². The van der Waals surface area contributed by atoms with E-state index in [-0.39, 0.29) is 30.8 Å². The molecule has 2 N–H and O–H groups in total. The summed E-state index contributed by atoms with van der Waals surface area (Å²) in [5.74, 6) is -0.927. The molecule has 0 spiro atoms. The third-order valence-corrected chi connectivity index (χ3v) is 3.85. The van der Waals surface area contributed by atoms with Crippen LogP contribution < -0.4 is 10.6 Å². The Bertz CT molecular complexity index is 735. The van der Waals surface area contributed by atoms with Gasteiger partial charge in [-0.1, -0.05) is 62.4 Å². The highest BCUT2D eigenvalue weighted by Crippen LogP contribution is 2.08. The van der Waals surface area contributed by atoms with Gasteiger partial charge in [-0.05, 0) is 17.5 Å². The molecule has 1 unspecified atom stereocenters. The van der Waals surface area contributed by atoms with Crippen molar-refractivity contribution in [2.24, 2.45) is 5.92 Å². The second-order valence-electron chi connectivity index (χ2n) is 6.24. The van der Waals surface area contributed by atoms with Crippen molar-refractivity contribution in [3.8, 4) is 0 Å². The second kappa shape index (κ2) is 9.56. The number of carbonyl (C=O) groups is 2. The summed E-state index contributed by atoms with van der Waals surface area (Å²) in [6.45, 7) is 3.79. The molecule has 0 aliphatic rings. The molecule has 1 atom stereocenters. The van der Waals surface area contributed by atoms with Gasteiger partial charge in [0, 0.05) is 12.1 Å². The van der Waals surface area contributed by atoms with Crippen LogP contribution in [0.25, 0.3) is 0 Å². The van der Waals surface area contributed by atoms with E-state index >= 15 is 0 Å². The van der Waals surface area contributed by atoms with Gasteiger partial charge in [0.05, 0.1) is 0 Å². The quantitative estimate of drug-likeness (QED) is 0.797. The minimum absolute atomic E-state index is 0.0511.